The number of phenols is 1. The number of hydrogen-bond donors (Lipinski definition) is 1. The molecule has 6 heteroatoms. The van der Waals surface area contributed by atoms with Crippen LogP contribution in [0, 0.1) is 15.9 Å². The fourth-order valence-electron chi connectivity index (χ4n) is 0.694. The van der Waals surface area contributed by atoms with Crippen molar-refractivity contribution >= 4 is 21.6 Å². The lowest BCUT2D eigenvalue weighted by molar-refractivity contribution is -0.385. The van der Waals surface area contributed by atoms with Gasteiger partial charge in [-0.05, 0) is 15.9 Å². The van der Waals surface area contributed by atoms with Gasteiger partial charge in [-0.1, -0.05) is 0 Å². The first kappa shape index (κ1) is 8.92. The molecule has 0 heterocycles. The molecule has 1 rings (SSSR count). The molecular weight excluding hydrogens is 233 g/mol. The zero-order valence-corrected chi connectivity index (χ0v) is 7.21. The predicted molar refractivity (Wildman–Crippen MR) is 42.4 cm³/mol. The Morgan fingerprint density at radius 3 is 2.67 bits per heavy atom. The van der Waals surface area contributed by atoms with Crippen LogP contribution in [0.2, 0.25) is 0 Å². The van der Waals surface area contributed by atoms with Crippen molar-refractivity contribution in [3.05, 3.63) is 32.5 Å². The summed E-state index contributed by atoms with van der Waals surface area (Å²) in [7, 11) is 0. The minimum absolute atomic E-state index is 0.117. The first-order valence-corrected chi connectivity index (χ1v) is 3.64. The third kappa shape index (κ3) is 1.53. The van der Waals surface area contributed by atoms with E-state index in [0.29, 0.717) is 0 Å². The molecule has 1 aromatic rings. The summed E-state index contributed by atoms with van der Waals surface area (Å²) in [5.41, 5.74) is -0.493. The zero-order chi connectivity index (χ0) is 9.30. The van der Waals surface area contributed by atoms with Crippen molar-refractivity contribution in [3.63, 3.8) is 0 Å². The molecule has 0 aliphatic heterocycles. The lowest BCUT2D eigenvalue weighted by Crippen LogP contribution is -1.90. The molecule has 0 aliphatic carbocycles. The summed E-state index contributed by atoms with van der Waals surface area (Å²) in [6, 6.07) is 1.51. The molecular formula is C6H3BrFNO3. The molecule has 0 spiro atoms. The highest BCUT2D eigenvalue weighted by Gasteiger charge is 2.16. The number of nitro groups is 1. The van der Waals surface area contributed by atoms with Gasteiger partial charge in [-0.3, -0.25) is 10.1 Å². The van der Waals surface area contributed by atoms with E-state index in [1.54, 1.807) is 0 Å². The standard InChI is InChI=1S/C6H3BrFNO3/c7-6-4(9(11)12)1-3(8)2-5(6)10/h1-2,10H. The fraction of sp³-hybridized carbons (Fsp3) is 0. The number of phenolic OH excluding ortho intramolecular Hbond substituents is 1. The van der Waals surface area contributed by atoms with Crippen molar-refractivity contribution in [2.45, 2.75) is 0 Å². The normalized spacial score (nSPS) is 9.83. The number of halogens is 2. The second kappa shape index (κ2) is 3.06. The molecule has 0 aromatic heterocycles. The van der Waals surface area contributed by atoms with E-state index in [2.05, 4.69) is 15.9 Å². The minimum Gasteiger partial charge on any atom is -0.506 e. The number of benzene rings is 1. The molecule has 4 nitrogen and oxygen atoms in total. The molecule has 0 saturated heterocycles. The molecule has 12 heavy (non-hydrogen) atoms. The summed E-state index contributed by atoms with van der Waals surface area (Å²) >= 11 is 2.76. The van der Waals surface area contributed by atoms with Crippen molar-refractivity contribution in [3.8, 4) is 5.75 Å². The van der Waals surface area contributed by atoms with Gasteiger partial charge in [-0.15, -0.1) is 0 Å². The van der Waals surface area contributed by atoms with E-state index in [9.17, 15) is 14.5 Å². The lowest BCUT2D eigenvalue weighted by atomic mass is 10.3. The Kier molecular flexibility index (Phi) is 2.27. The van der Waals surface area contributed by atoms with E-state index in [4.69, 9.17) is 5.11 Å². The Morgan fingerprint density at radius 2 is 2.17 bits per heavy atom. The molecule has 1 N–H and O–H groups in total. The number of aromatic hydroxyl groups is 1. The largest absolute Gasteiger partial charge is 0.506 e. The molecule has 0 aliphatic rings. The molecule has 0 unspecified atom stereocenters. The van der Waals surface area contributed by atoms with Crippen molar-refractivity contribution in [2.24, 2.45) is 0 Å². The molecule has 64 valence electrons. The van der Waals surface area contributed by atoms with Crippen LogP contribution in [-0.2, 0) is 0 Å². The van der Waals surface area contributed by atoms with Crippen molar-refractivity contribution in [1.82, 2.24) is 0 Å². The van der Waals surface area contributed by atoms with Gasteiger partial charge in [0.15, 0.2) is 0 Å². The van der Waals surface area contributed by atoms with E-state index in [-0.39, 0.29) is 4.47 Å². The Labute approximate surface area is 74.9 Å². The lowest BCUT2D eigenvalue weighted by Gasteiger charge is -1.97. The minimum atomic E-state index is -0.845. The third-order valence-corrected chi connectivity index (χ3v) is 2.01. The summed E-state index contributed by atoms with van der Waals surface area (Å²) in [4.78, 5) is 9.44. The van der Waals surface area contributed by atoms with E-state index < -0.39 is 22.2 Å². The van der Waals surface area contributed by atoms with Gasteiger partial charge in [0.2, 0.25) is 0 Å². The number of nitro benzene ring substituents is 1. The first-order chi connectivity index (χ1) is 5.52. The van der Waals surface area contributed by atoms with Crippen LogP contribution in [0.25, 0.3) is 0 Å². The van der Waals surface area contributed by atoms with E-state index in [1.165, 1.54) is 0 Å². The maximum atomic E-state index is 12.5. The van der Waals surface area contributed by atoms with Gasteiger partial charge in [-0.2, -0.15) is 0 Å². The monoisotopic (exact) mass is 235 g/mol. The van der Waals surface area contributed by atoms with Crippen LogP contribution < -0.4 is 0 Å². The summed E-state index contributed by atoms with van der Waals surface area (Å²) in [5.74, 6) is -1.33. The Morgan fingerprint density at radius 1 is 1.58 bits per heavy atom. The van der Waals surface area contributed by atoms with E-state index in [1.807, 2.05) is 0 Å². The van der Waals surface area contributed by atoms with Gasteiger partial charge in [0, 0.05) is 6.07 Å². The second-order valence-electron chi connectivity index (χ2n) is 2.02. The Balaban J connectivity index is 3.37. The highest BCUT2D eigenvalue weighted by atomic mass is 79.9. The average Bonchev–Trinajstić information content (AvgIpc) is 1.96. The smallest absolute Gasteiger partial charge is 0.290 e. The average molecular weight is 236 g/mol. The first-order valence-electron chi connectivity index (χ1n) is 2.85. The predicted octanol–water partition coefficient (Wildman–Crippen LogP) is 2.20. The van der Waals surface area contributed by atoms with Crippen LogP contribution in [0.1, 0.15) is 0 Å². The molecule has 0 bridgehead atoms. The van der Waals surface area contributed by atoms with Crippen LogP contribution in [0.15, 0.2) is 16.6 Å². The second-order valence-corrected chi connectivity index (χ2v) is 2.81. The zero-order valence-electron chi connectivity index (χ0n) is 5.62. The highest BCUT2D eigenvalue weighted by molar-refractivity contribution is 9.10. The quantitative estimate of drug-likeness (QED) is 0.600. The van der Waals surface area contributed by atoms with E-state index >= 15 is 0 Å². The van der Waals surface area contributed by atoms with Crippen molar-refractivity contribution in [2.75, 3.05) is 0 Å². The van der Waals surface area contributed by atoms with Gasteiger partial charge in [0.05, 0.1) is 11.0 Å². The maximum absolute atomic E-state index is 12.5. The van der Waals surface area contributed by atoms with Gasteiger partial charge in [-0.25, -0.2) is 4.39 Å². The molecule has 0 atom stereocenters. The van der Waals surface area contributed by atoms with Gasteiger partial charge in [0.1, 0.15) is 16.0 Å². The van der Waals surface area contributed by atoms with Crippen LogP contribution in [0.3, 0.4) is 0 Å². The van der Waals surface area contributed by atoms with Crippen molar-refractivity contribution < 1.29 is 14.4 Å². The SMILES string of the molecule is O=[N+]([O-])c1cc(F)cc(O)c1Br. The fourth-order valence-corrected chi connectivity index (χ4v) is 1.07. The molecule has 0 fully saturated rings. The van der Waals surface area contributed by atoms with Gasteiger partial charge in [0.25, 0.3) is 5.69 Å². The molecule has 1 aromatic carbocycles. The molecule has 0 radical (unpaired) electrons. The topological polar surface area (TPSA) is 63.4 Å². The van der Waals surface area contributed by atoms with Gasteiger partial charge >= 0.3 is 0 Å². The van der Waals surface area contributed by atoms with Crippen LogP contribution in [0.4, 0.5) is 10.1 Å². The van der Waals surface area contributed by atoms with Crippen LogP contribution in [0.5, 0.6) is 5.75 Å². The summed E-state index contributed by atoms with van der Waals surface area (Å²) in [6.45, 7) is 0. The van der Waals surface area contributed by atoms with Crippen molar-refractivity contribution in [1.29, 1.82) is 0 Å². The Bertz CT molecular complexity index is 342. The van der Waals surface area contributed by atoms with E-state index in [0.717, 1.165) is 12.1 Å². The Hall–Kier alpha value is -1.17. The van der Waals surface area contributed by atoms with Crippen LogP contribution in [-0.4, -0.2) is 10.0 Å². The molecule has 0 saturated carbocycles. The number of hydrogen-bond acceptors (Lipinski definition) is 3. The van der Waals surface area contributed by atoms with Crippen LogP contribution >= 0.6 is 15.9 Å². The summed E-state index contributed by atoms with van der Waals surface area (Å²) < 4.78 is 12.4. The van der Waals surface area contributed by atoms with Gasteiger partial charge < -0.3 is 5.11 Å². The number of nitrogens with zero attached hydrogens (tertiary/aromatic N) is 1. The third-order valence-electron chi connectivity index (χ3n) is 1.20. The summed E-state index contributed by atoms with van der Waals surface area (Å²) in [6.07, 6.45) is 0. The number of rotatable bonds is 1. The highest BCUT2D eigenvalue weighted by Crippen LogP contribution is 2.33. The maximum Gasteiger partial charge on any atom is 0.290 e. The summed E-state index contributed by atoms with van der Waals surface area (Å²) in [5, 5.41) is 19.2. The molecule has 0 amide bonds.